The lowest BCUT2D eigenvalue weighted by atomic mass is 10.0. The number of fused-ring (bicyclic) bond motifs is 1. The number of aromatic nitrogens is 1. The normalized spacial score (nSPS) is 16.6. The third-order valence-electron chi connectivity index (χ3n) is 4.78. The van der Waals surface area contributed by atoms with E-state index in [0.29, 0.717) is 0 Å². The molecule has 2 aliphatic rings. The first kappa shape index (κ1) is 16.0. The van der Waals surface area contributed by atoms with E-state index in [1.165, 1.54) is 5.69 Å². The van der Waals surface area contributed by atoms with Crippen molar-refractivity contribution < 1.29 is 4.74 Å². The summed E-state index contributed by atoms with van der Waals surface area (Å²) in [6.45, 7) is 7.04. The van der Waals surface area contributed by atoms with E-state index >= 15 is 0 Å². The van der Waals surface area contributed by atoms with Crippen molar-refractivity contribution in [3.05, 3.63) is 40.5 Å². The van der Waals surface area contributed by atoms with E-state index in [9.17, 15) is 0 Å². The first-order valence-electron chi connectivity index (χ1n) is 8.78. The number of hydrogen-bond acceptors (Lipinski definition) is 6. The molecule has 1 N–H and O–H groups in total. The fourth-order valence-corrected chi connectivity index (χ4v) is 3.42. The number of anilines is 2. The minimum absolute atomic E-state index is 0.733. The quantitative estimate of drug-likeness (QED) is 0.914. The topological polar surface area (TPSA) is 62.1 Å². The predicted molar refractivity (Wildman–Crippen MR) is 99.0 cm³/mol. The number of nitrogens with one attached hydrogen (secondary N) is 1. The summed E-state index contributed by atoms with van der Waals surface area (Å²) in [5, 5.41) is 5.03. The van der Waals surface area contributed by atoms with Gasteiger partial charge in [-0.2, -0.15) is 0 Å². The van der Waals surface area contributed by atoms with Gasteiger partial charge >= 0.3 is 0 Å². The molecular weight excluding hydrogens is 314 g/mol. The molecule has 3 heterocycles. The zero-order valence-corrected chi connectivity index (χ0v) is 14.7. The molecule has 130 valence electrons. The van der Waals surface area contributed by atoms with Crippen LogP contribution in [0.15, 0.2) is 34.3 Å². The number of ether oxygens (including phenoxy) is 1. The Kier molecular flexibility index (Phi) is 4.36. The Morgan fingerprint density at radius 1 is 1.00 bits per heavy atom. The van der Waals surface area contributed by atoms with E-state index in [0.717, 1.165) is 72.7 Å². The number of hydrogen-bond donors (Lipinski definition) is 1. The van der Waals surface area contributed by atoms with Crippen LogP contribution in [0.2, 0.25) is 0 Å². The molecule has 1 aromatic heterocycles. The molecule has 25 heavy (non-hydrogen) atoms. The average Bonchev–Trinajstić information content (AvgIpc) is 2.69. The van der Waals surface area contributed by atoms with Crippen molar-refractivity contribution in [2.45, 2.75) is 6.92 Å². The van der Waals surface area contributed by atoms with Crippen LogP contribution >= 0.6 is 0 Å². The number of nitrogens with zero attached hydrogens (tertiary/aromatic N) is 4. The van der Waals surface area contributed by atoms with Crippen LogP contribution in [-0.2, 0) is 4.74 Å². The van der Waals surface area contributed by atoms with E-state index in [-0.39, 0.29) is 0 Å². The Morgan fingerprint density at radius 2 is 1.68 bits per heavy atom. The van der Waals surface area contributed by atoms with E-state index < -0.39 is 0 Å². The van der Waals surface area contributed by atoms with Crippen LogP contribution in [0.4, 0.5) is 11.5 Å². The second-order valence-corrected chi connectivity index (χ2v) is 6.29. The Labute approximate surface area is 147 Å². The van der Waals surface area contributed by atoms with Gasteiger partial charge in [-0.1, -0.05) is 12.1 Å². The lowest BCUT2D eigenvalue weighted by molar-refractivity contribution is 0.122. The zero-order chi connectivity index (χ0) is 17.2. The number of pyridine rings is 1. The Bertz CT molecular complexity index is 886. The minimum Gasteiger partial charge on any atom is -0.378 e. The van der Waals surface area contributed by atoms with Gasteiger partial charge in [0.25, 0.3) is 0 Å². The van der Waals surface area contributed by atoms with Crippen molar-refractivity contribution in [2.75, 3.05) is 56.7 Å². The number of morpholine rings is 1. The Balaban J connectivity index is 1.75. The maximum atomic E-state index is 5.43. The fourth-order valence-electron chi connectivity index (χ4n) is 3.42. The number of benzene rings is 1. The van der Waals surface area contributed by atoms with Gasteiger partial charge in [-0.3, -0.25) is 9.98 Å². The summed E-state index contributed by atoms with van der Waals surface area (Å²) in [7, 11) is 1.88. The summed E-state index contributed by atoms with van der Waals surface area (Å²) in [6, 6.07) is 8.63. The molecule has 6 heteroatoms. The summed E-state index contributed by atoms with van der Waals surface area (Å²) in [4.78, 5) is 16.5. The molecule has 0 unspecified atom stereocenters. The second-order valence-electron chi connectivity index (χ2n) is 6.29. The van der Waals surface area contributed by atoms with Crippen LogP contribution in [0.5, 0.6) is 0 Å². The standard InChI is InChI=1S/C19H23N5O/c1-13-16(23-19(20-2)18-17(13)21-7-8-22-18)14-3-5-15(6-4-14)24-9-11-25-12-10-24/h3-6H,7-12H2,1-2H3,(H,20,23). The molecule has 6 nitrogen and oxygen atoms in total. The van der Waals surface area contributed by atoms with Crippen molar-refractivity contribution in [3.8, 4) is 11.3 Å². The van der Waals surface area contributed by atoms with Gasteiger partial charge in [0.15, 0.2) is 5.82 Å². The third kappa shape index (κ3) is 2.98. The lowest BCUT2D eigenvalue weighted by Crippen LogP contribution is -2.36. The highest BCUT2D eigenvalue weighted by molar-refractivity contribution is 5.67. The summed E-state index contributed by atoms with van der Waals surface area (Å²) in [5.74, 6) is 0.802. The van der Waals surface area contributed by atoms with Crippen molar-refractivity contribution in [3.63, 3.8) is 0 Å². The van der Waals surface area contributed by atoms with Crippen LogP contribution < -0.4 is 20.9 Å². The molecule has 1 aromatic carbocycles. The second kappa shape index (κ2) is 6.80. The molecule has 0 saturated carbocycles. The molecule has 0 aliphatic carbocycles. The lowest BCUT2D eigenvalue weighted by Gasteiger charge is -2.29. The first-order chi connectivity index (χ1) is 12.3. The molecule has 0 bridgehead atoms. The molecule has 0 radical (unpaired) electrons. The van der Waals surface area contributed by atoms with Gasteiger partial charge in [-0.25, -0.2) is 4.98 Å². The van der Waals surface area contributed by atoms with Gasteiger partial charge in [-0.05, 0) is 19.1 Å². The summed E-state index contributed by atoms with van der Waals surface area (Å²) < 4.78 is 5.43. The summed E-state index contributed by atoms with van der Waals surface area (Å²) in [5.41, 5.74) is 4.40. The third-order valence-corrected chi connectivity index (χ3v) is 4.78. The van der Waals surface area contributed by atoms with E-state index in [1.807, 2.05) is 7.05 Å². The maximum Gasteiger partial charge on any atom is 0.154 e. The van der Waals surface area contributed by atoms with Crippen molar-refractivity contribution in [1.82, 2.24) is 4.98 Å². The summed E-state index contributed by atoms with van der Waals surface area (Å²) in [6.07, 6.45) is 0. The van der Waals surface area contributed by atoms with E-state index in [2.05, 4.69) is 51.4 Å². The monoisotopic (exact) mass is 337 g/mol. The number of rotatable bonds is 3. The smallest absolute Gasteiger partial charge is 0.154 e. The van der Waals surface area contributed by atoms with E-state index in [4.69, 9.17) is 9.72 Å². The molecule has 4 rings (SSSR count). The highest BCUT2D eigenvalue weighted by Gasteiger charge is 2.15. The highest BCUT2D eigenvalue weighted by atomic mass is 16.5. The summed E-state index contributed by atoms with van der Waals surface area (Å²) >= 11 is 0. The molecular formula is C19H23N5O. The van der Waals surface area contributed by atoms with Crippen LogP contribution in [0.3, 0.4) is 0 Å². The van der Waals surface area contributed by atoms with Gasteiger partial charge in [0.2, 0.25) is 0 Å². The molecule has 0 amide bonds. The van der Waals surface area contributed by atoms with Crippen molar-refractivity contribution >= 4 is 11.5 Å². The van der Waals surface area contributed by atoms with Gasteiger partial charge in [0, 0.05) is 37.0 Å². The van der Waals surface area contributed by atoms with Crippen molar-refractivity contribution in [1.29, 1.82) is 0 Å². The molecule has 0 atom stereocenters. The largest absolute Gasteiger partial charge is 0.378 e. The van der Waals surface area contributed by atoms with Crippen LogP contribution in [-0.4, -0.2) is 51.4 Å². The Hall–Kier alpha value is -2.47. The first-order valence-corrected chi connectivity index (χ1v) is 8.78. The molecule has 2 aliphatic heterocycles. The predicted octanol–water partition coefficient (Wildman–Crippen LogP) is 1.19. The van der Waals surface area contributed by atoms with E-state index in [1.54, 1.807) is 0 Å². The molecule has 2 aromatic rings. The zero-order valence-electron chi connectivity index (χ0n) is 14.7. The SMILES string of the molecule is CNc1nc(-c2ccc(N3CCOCC3)cc2)c(C)c2c1=NCCN=2. The fraction of sp³-hybridized carbons (Fsp3) is 0.421. The molecule has 1 fully saturated rings. The highest BCUT2D eigenvalue weighted by Crippen LogP contribution is 2.24. The van der Waals surface area contributed by atoms with Crippen molar-refractivity contribution in [2.24, 2.45) is 9.98 Å². The Morgan fingerprint density at radius 3 is 2.36 bits per heavy atom. The van der Waals surface area contributed by atoms with Crippen LogP contribution in [0.1, 0.15) is 5.56 Å². The van der Waals surface area contributed by atoms with Gasteiger partial charge in [-0.15, -0.1) is 0 Å². The van der Waals surface area contributed by atoms with Gasteiger partial charge < -0.3 is 15.0 Å². The molecule has 0 spiro atoms. The van der Waals surface area contributed by atoms with Crippen LogP contribution in [0.25, 0.3) is 11.3 Å². The molecule has 1 saturated heterocycles. The van der Waals surface area contributed by atoms with Gasteiger partial charge in [0.1, 0.15) is 5.36 Å². The maximum absolute atomic E-state index is 5.43. The minimum atomic E-state index is 0.733. The van der Waals surface area contributed by atoms with Gasteiger partial charge in [0.05, 0.1) is 37.4 Å². The van der Waals surface area contributed by atoms with Crippen LogP contribution in [0, 0.1) is 6.92 Å². The average molecular weight is 337 g/mol.